The molecule has 0 bridgehead atoms. The van der Waals surface area contributed by atoms with Crippen molar-refractivity contribution in [2.75, 3.05) is 11.9 Å². The lowest BCUT2D eigenvalue weighted by molar-refractivity contribution is 0.215. The van der Waals surface area contributed by atoms with E-state index in [2.05, 4.69) is 5.32 Å². The Hall–Kier alpha value is -2.49. The summed E-state index contributed by atoms with van der Waals surface area (Å²) >= 11 is 0. The summed E-state index contributed by atoms with van der Waals surface area (Å²) in [5.74, 6) is 1.15. The third-order valence-electron chi connectivity index (χ3n) is 2.79. The second-order valence-electron chi connectivity index (χ2n) is 4.68. The first-order valence-corrected chi connectivity index (χ1v) is 6.96. The Morgan fingerprint density at radius 3 is 2.62 bits per heavy atom. The molecule has 2 rings (SSSR count). The first-order chi connectivity index (χ1) is 10.2. The molecule has 0 saturated heterocycles. The van der Waals surface area contributed by atoms with Crippen molar-refractivity contribution in [2.45, 2.75) is 20.3 Å². The Balaban J connectivity index is 2.06. The average Bonchev–Trinajstić information content (AvgIpc) is 2.48. The summed E-state index contributed by atoms with van der Waals surface area (Å²) in [6.45, 7) is 4.61. The molecule has 110 valence electrons. The van der Waals surface area contributed by atoms with Gasteiger partial charge in [0.15, 0.2) is 0 Å². The van der Waals surface area contributed by atoms with Crippen LogP contribution < -0.4 is 14.8 Å². The van der Waals surface area contributed by atoms with Gasteiger partial charge in [-0.15, -0.1) is 0 Å². The van der Waals surface area contributed by atoms with Crippen molar-refractivity contribution in [3.05, 3.63) is 54.1 Å². The highest BCUT2D eigenvalue weighted by atomic mass is 16.6. The molecule has 0 aliphatic heterocycles. The number of benzene rings is 2. The number of amides is 1. The molecule has 1 N–H and O–H groups in total. The van der Waals surface area contributed by atoms with E-state index in [-0.39, 0.29) is 0 Å². The van der Waals surface area contributed by atoms with E-state index in [1.807, 2.05) is 50.2 Å². The molecular formula is C17H19NO3. The minimum absolute atomic E-state index is 0.498. The standard InChI is InChI=1S/C17H19NO3/c1-3-11-20-16-12-13(2)9-10-15(16)18-17(19)21-14-7-5-4-6-8-14/h4-10,12H,3,11H2,1-2H3,(H,18,19). The maximum atomic E-state index is 11.9. The van der Waals surface area contributed by atoms with Gasteiger partial charge in [-0.05, 0) is 43.2 Å². The van der Waals surface area contributed by atoms with Crippen molar-refractivity contribution in [3.63, 3.8) is 0 Å². The maximum Gasteiger partial charge on any atom is 0.417 e. The molecule has 4 nitrogen and oxygen atoms in total. The van der Waals surface area contributed by atoms with Gasteiger partial charge in [0.2, 0.25) is 0 Å². The van der Waals surface area contributed by atoms with Crippen molar-refractivity contribution >= 4 is 11.8 Å². The van der Waals surface area contributed by atoms with Crippen LogP contribution in [0.15, 0.2) is 48.5 Å². The van der Waals surface area contributed by atoms with Crippen molar-refractivity contribution in [1.29, 1.82) is 0 Å². The number of hydrogen-bond acceptors (Lipinski definition) is 3. The minimum atomic E-state index is -0.536. The molecule has 0 unspecified atom stereocenters. The fourth-order valence-corrected chi connectivity index (χ4v) is 1.80. The van der Waals surface area contributed by atoms with Crippen LogP contribution in [0.25, 0.3) is 0 Å². The van der Waals surface area contributed by atoms with Gasteiger partial charge < -0.3 is 9.47 Å². The molecule has 0 aromatic heterocycles. The molecule has 4 heteroatoms. The summed E-state index contributed by atoms with van der Waals surface area (Å²) in [7, 11) is 0. The zero-order chi connectivity index (χ0) is 15.1. The van der Waals surface area contributed by atoms with Crippen LogP contribution in [0.1, 0.15) is 18.9 Å². The monoisotopic (exact) mass is 285 g/mol. The molecule has 2 aromatic rings. The maximum absolute atomic E-state index is 11.9. The van der Waals surface area contributed by atoms with Crippen LogP contribution in [0.2, 0.25) is 0 Å². The highest BCUT2D eigenvalue weighted by molar-refractivity contribution is 5.88. The van der Waals surface area contributed by atoms with Gasteiger partial charge in [0.25, 0.3) is 0 Å². The van der Waals surface area contributed by atoms with Crippen LogP contribution in [0.3, 0.4) is 0 Å². The second-order valence-corrected chi connectivity index (χ2v) is 4.68. The van der Waals surface area contributed by atoms with E-state index in [1.165, 1.54) is 0 Å². The summed E-state index contributed by atoms with van der Waals surface area (Å²) in [6.07, 6.45) is 0.369. The highest BCUT2D eigenvalue weighted by Crippen LogP contribution is 2.26. The predicted molar refractivity (Wildman–Crippen MR) is 83.1 cm³/mol. The number of hydrogen-bond donors (Lipinski definition) is 1. The van der Waals surface area contributed by atoms with E-state index >= 15 is 0 Å². The zero-order valence-corrected chi connectivity index (χ0v) is 12.3. The summed E-state index contributed by atoms with van der Waals surface area (Å²) < 4.78 is 10.9. The SMILES string of the molecule is CCCOc1cc(C)ccc1NC(=O)Oc1ccccc1. The molecule has 21 heavy (non-hydrogen) atoms. The largest absolute Gasteiger partial charge is 0.491 e. The van der Waals surface area contributed by atoms with Gasteiger partial charge in [-0.1, -0.05) is 31.2 Å². The lowest BCUT2D eigenvalue weighted by Crippen LogP contribution is -2.17. The van der Waals surface area contributed by atoms with Gasteiger partial charge in [-0.2, -0.15) is 0 Å². The van der Waals surface area contributed by atoms with Gasteiger partial charge in [0.1, 0.15) is 11.5 Å². The van der Waals surface area contributed by atoms with E-state index in [0.29, 0.717) is 23.8 Å². The number of carbonyl (C=O) groups excluding carboxylic acids is 1. The van der Waals surface area contributed by atoms with Crippen LogP contribution in [0.5, 0.6) is 11.5 Å². The van der Waals surface area contributed by atoms with Gasteiger partial charge in [0.05, 0.1) is 12.3 Å². The van der Waals surface area contributed by atoms with Crippen LogP contribution in [0.4, 0.5) is 10.5 Å². The van der Waals surface area contributed by atoms with E-state index in [1.54, 1.807) is 12.1 Å². The lowest BCUT2D eigenvalue weighted by atomic mass is 10.2. The summed E-state index contributed by atoms with van der Waals surface area (Å²) in [5.41, 5.74) is 1.68. The van der Waals surface area contributed by atoms with Crippen molar-refractivity contribution in [1.82, 2.24) is 0 Å². The number of anilines is 1. The molecule has 0 heterocycles. The molecule has 0 spiro atoms. The molecule has 0 fully saturated rings. The van der Waals surface area contributed by atoms with Crippen LogP contribution in [0, 0.1) is 6.92 Å². The highest BCUT2D eigenvalue weighted by Gasteiger charge is 2.10. The Morgan fingerprint density at radius 2 is 1.90 bits per heavy atom. The fraction of sp³-hybridized carbons (Fsp3) is 0.235. The smallest absolute Gasteiger partial charge is 0.417 e. The Morgan fingerprint density at radius 1 is 1.14 bits per heavy atom. The lowest BCUT2D eigenvalue weighted by Gasteiger charge is -2.13. The van der Waals surface area contributed by atoms with Gasteiger partial charge in [-0.3, -0.25) is 5.32 Å². The molecule has 0 saturated carbocycles. The van der Waals surface area contributed by atoms with Crippen molar-refractivity contribution in [2.24, 2.45) is 0 Å². The molecule has 0 aliphatic rings. The number of carbonyl (C=O) groups is 1. The summed E-state index contributed by atoms with van der Waals surface area (Å²) in [6, 6.07) is 14.6. The summed E-state index contributed by atoms with van der Waals surface area (Å²) in [5, 5.41) is 2.71. The Bertz CT molecular complexity index is 596. The Kier molecular flexibility index (Phi) is 5.21. The number of para-hydroxylation sites is 1. The van der Waals surface area contributed by atoms with Crippen LogP contribution in [-0.2, 0) is 0 Å². The zero-order valence-electron chi connectivity index (χ0n) is 12.3. The molecule has 0 atom stereocenters. The summed E-state index contributed by atoms with van der Waals surface area (Å²) in [4.78, 5) is 11.9. The van der Waals surface area contributed by atoms with Gasteiger partial charge >= 0.3 is 6.09 Å². The van der Waals surface area contributed by atoms with Crippen LogP contribution >= 0.6 is 0 Å². The molecule has 0 radical (unpaired) electrons. The second kappa shape index (κ2) is 7.33. The van der Waals surface area contributed by atoms with Crippen LogP contribution in [-0.4, -0.2) is 12.7 Å². The minimum Gasteiger partial charge on any atom is -0.491 e. The quantitative estimate of drug-likeness (QED) is 0.886. The van der Waals surface area contributed by atoms with Gasteiger partial charge in [0, 0.05) is 0 Å². The Labute approximate surface area is 124 Å². The van der Waals surface area contributed by atoms with E-state index < -0.39 is 6.09 Å². The first-order valence-electron chi connectivity index (χ1n) is 6.96. The first kappa shape index (κ1) is 14.9. The molecule has 2 aromatic carbocycles. The number of rotatable bonds is 5. The molecule has 0 aliphatic carbocycles. The van der Waals surface area contributed by atoms with Crippen molar-refractivity contribution < 1.29 is 14.3 Å². The van der Waals surface area contributed by atoms with E-state index in [9.17, 15) is 4.79 Å². The molecule has 1 amide bonds. The average molecular weight is 285 g/mol. The van der Waals surface area contributed by atoms with E-state index in [0.717, 1.165) is 12.0 Å². The third kappa shape index (κ3) is 4.53. The fourth-order valence-electron chi connectivity index (χ4n) is 1.80. The normalized spacial score (nSPS) is 10.0. The number of nitrogens with one attached hydrogen (secondary N) is 1. The van der Waals surface area contributed by atoms with Crippen molar-refractivity contribution in [3.8, 4) is 11.5 Å². The molecular weight excluding hydrogens is 266 g/mol. The topological polar surface area (TPSA) is 47.6 Å². The van der Waals surface area contributed by atoms with Gasteiger partial charge in [-0.25, -0.2) is 4.79 Å². The number of ether oxygens (including phenoxy) is 2. The van der Waals surface area contributed by atoms with E-state index in [4.69, 9.17) is 9.47 Å². The predicted octanol–water partition coefficient (Wildman–Crippen LogP) is 4.39. The third-order valence-corrected chi connectivity index (χ3v) is 2.79. The number of aryl methyl sites for hydroxylation is 1.